The average molecular weight is 576 g/mol. The second kappa shape index (κ2) is 10.7. The van der Waals surface area contributed by atoms with Crippen LogP contribution in [0.5, 0.6) is 0 Å². The van der Waals surface area contributed by atoms with Gasteiger partial charge in [0.05, 0.1) is 17.4 Å². The van der Waals surface area contributed by atoms with Gasteiger partial charge in [0.2, 0.25) is 11.8 Å². The molecule has 2 saturated heterocycles. The first-order valence-corrected chi connectivity index (χ1v) is 14.6. The van der Waals surface area contributed by atoms with Gasteiger partial charge in [-0.1, -0.05) is 73.2 Å². The lowest BCUT2D eigenvalue weighted by Crippen LogP contribution is -2.56. The van der Waals surface area contributed by atoms with Gasteiger partial charge in [0.1, 0.15) is 11.6 Å². The monoisotopic (exact) mass is 575 g/mol. The van der Waals surface area contributed by atoms with Crippen molar-refractivity contribution in [3.05, 3.63) is 89.5 Å². The number of likely N-dealkylation sites (tertiary alicyclic amines) is 1. The first-order valence-electron chi connectivity index (χ1n) is 14.2. The molecule has 0 aromatic heterocycles. The Bertz CT molecular complexity index is 1400. The van der Waals surface area contributed by atoms with Gasteiger partial charge in [-0.05, 0) is 42.7 Å². The minimum absolute atomic E-state index is 0.130. The minimum Gasteiger partial charge on any atom is -0.396 e. The molecule has 4 aliphatic rings. The molecule has 214 valence electrons. The molecule has 0 radical (unpaired) electrons. The summed E-state index contributed by atoms with van der Waals surface area (Å²) in [4.78, 5) is 48.2. The van der Waals surface area contributed by atoms with Gasteiger partial charge in [0.15, 0.2) is 0 Å². The van der Waals surface area contributed by atoms with Gasteiger partial charge in [-0.15, -0.1) is 0 Å². The zero-order valence-electron chi connectivity index (χ0n) is 23.0. The van der Waals surface area contributed by atoms with Crippen LogP contribution in [0.25, 0.3) is 0 Å². The number of nitrogens with zero attached hydrogens (tertiary/aromatic N) is 3. The Labute approximate surface area is 244 Å². The number of benzene rings is 2. The van der Waals surface area contributed by atoms with Crippen molar-refractivity contribution in [1.82, 2.24) is 9.80 Å². The SMILES string of the molecule is CC[C@@]12C=CCN(Cc3ccccc3)C(=O)[C@@H]1[C@H]1C(=O)N(CCCO)C3C(=O)N(c4ccc(Cl)cc4)CC=C[C@@]31O2. The highest BCUT2D eigenvalue weighted by Gasteiger charge is 2.75. The van der Waals surface area contributed by atoms with Crippen molar-refractivity contribution in [1.29, 1.82) is 0 Å². The van der Waals surface area contributed by atoms with Crippen LogP contribution >= 0.6 is 11.6 Å². The average Bonchev–Trinajstić information content (AvgIpc) is 3.27. The molecule has 0 saturated carbocycles. The molecule has 0 aliphatic carbocycles. The molecule has 4 aliphatic heterocycles. The lowest BCUT2D eigenvalue weighted by molar-refractivity contribution is -0.150. The van der Waals surface area contributed by atoms with E-state index in [2.05, 4.69) is 0 Å². The first kappa shape index (κ1) is 27.7. The topological polar surface area (TPSA) is 90.4 Å². The van der Waals surface area contributed by atoms with Crippen molar-refractivity contribution in [2.45, 2.75) is 43.6 Å². The van der Waals surface area contributed by atoms with E-state index in [-0.39, 0.29) is 37.4 Å². The minimum atomic E-state index is -1.33. The maximum Gasteiger partial charge on any atom is 0.253 e. The molecule has 2 aromatic carbocycles. The highest BCUT2D eigenvalue weighted by atomic mass is 35.5. The summed E-state index contributed by atoms with van der Waals surface area (Å²) in [6.45, 7) is 3.10. The van der Waals surface area contributed by atoms with Gasteiger partial charge >= 0.3 is 0 Å². The lowest BCUT2D eigenvalue weighted by Gasteiger charge is -2.38. The zero-order chi connectivity index (χ0) is 28.8. The number of ether oxygens (including phenoxy) is 1. The van der Waals surface area contributed by atoms with Gasteiger partial charge < -0.3 is 24.5 Å². The van der Waals surface area contributed by atoms with Crippen molar-refractivity contribution in [2.24, 2.45) is 11.8 Å². The fourth-order valence-corrected chi connectivity index (χ4v) is 7.22. The number of aliphatic hydroxyl groups excluding tert-OH is 1. The number of amides is 3. The van der Waals surface area contributed by atoms with E-state index < -0.39 is 29.1 Å². The van der Waals surface area contributed by atoms with Gasteiger partial charge in [-0.3, -0.25) is 14.4 Å². The highest BCUT2D eigenvalue weighted by molar-refractivity contribution is 6.30. The third-order valence-corrected chi connectivity index (χ3v) is 9.19. The van der Waals surface area contributed by atoms with Crippen molar-refractivity contribution < 1.29 is 24.2 Å². The summed E-state index contributed by atoms with van der Waals surface area (Å²) in [5.41, 5.74) is -0.720. The number of hydrogen-bond acceptors (Lipinski definition) is 5. The highest BCUT2D eigenvalue weighted by Crippen LogP contribution is 2.58. The molecule has 8 nitrogen and oxygen atoms in total. The summed E-state index contributed by atoms with van der Waals surface area (Å²) in [6.07, 6.45) is 8.38. The fraction of sp³-hybridized carbons (Fsp3) is 0.406. The number of rotatable bonds is 7. The van der Waals surface area contributed by atoms with Crippen LogP contribution in [-0.2, 0) is 25.7 Å². The summed E-state index contributed by atoms with van der Waals surface area (Å²) in [5, 5.41) is 10.2. The van der Waals surface area contributed by atoms with Crippen LogP contribution in [0.2, 0.25) is 5.02 Å². The Hall–Kier alpha value is -3.46. The summed E-state index contributed by atoms with van der Waals surface area (Å²) in [6, 6.07) is 15.8. The van der Waals surface area contributed by atoms with E-state index in [9.17, 15) is 19.5 Å². The summed E-state index contributed by atoms with van der Waals surface area (Å²) < 4.78 is 6.99. The molecule has 3 amide bonds. The molecule has 1 unspecified atom stereocenters. The van der Waals surface area contributed by atoms with E-state index >= 15 is 0 Å². The molecule has 2 fully saturated rings. The molecule has 4 heterocycles. The Morgan fingerprint density at radius 3 is 2.37 bits per heavy atom. The maximum atomic E-state index is 14.4. The van der Waals surface area contributed by atoms with E-state index in [1.54, 1.807) is 34.1 Å². The Morgan fingerprint density at radius 1 is 0.927 bits per heavy atom. The van der Waals surface area contributed by atoms with E-state index in [0.29, 0.717) is 36.6 Å². The quantitative estimate of drug-likeness (QED) is 0.510. The van der Waals surface area contributed by atoms with Crippen molar-refractivity contribution in [3.8, 4) is 0 Å². The molecule has 9 heteroatoms. The van der Waals surface area contributed by atoms with Gasteiger partial charge in [-0.2, -0.15) is 0 Å². The van der Waals surface area contributed by atoms with Crippen molar-refractivity contribution in [3.63, 3.8) is 0 Å². The van der Waals surface area contributed by atoms with Crippen LogP contribution in [-0.4, -0.2) is 76.1 Å². The summed E-state index contributed by atoms with van der Waals surface area (Å²) in [5.74, 6) is -2.42. The first-order chi connectivity index (χ1) is 19.8. The third kappa shape index (κ3) is 4.40. The summed E-state index contributed by atoms with van der Waals surface area (Å²) >= 11 is 6.11. The molecule has 5 atom stereocenters. The molecular formula is C32H34ClN3O5. The van der Waals surface area contributed by atoms with Crippen LogP contribution in [0.3, 0.4) is 0 Å². The van der Waals surface area contributed by atoms with E-state index in [0.717, 1.165) is 5.56 Å². The van der Waals surface area contributed by atoms with Crippen molar-refractivity contribution >= 4 is 35.0 Å². The third-order valence-electron chi connectivity index (χ3n) is 8.93. The predicted molar refractivity (Wildman–Crippen MR) is 155 cm³/mol. The largest absolute Gasteiger partial charge is 0.396 e. The molecule has 0 bridgehead atoms. The second-order valence-corrected chi connectivity index (χ2v) is 11.6. The maximum absolute atomic E-state index is 14.4. The molecule has 2 aromatic rings. The number of carbonyl (C=O) groups is 3. The Kier molecular flexibility index (Phi) is 7.26. The van der Waals surface area contributed by atoms with Crippen LogP contribution < -0.4 is 4.90 Å². The second-order valence-electron chi connectivity index (χ2n) is 11.2. The standard InChI is InChI=1S/C32H34ClN3O5/c1-2-31-15-6-17-34(21-22-9-4-3-5-10-22)28(38)25(31)26-29(39)36(19-8-20-37)27-30(40)35(18-7-16-32(26,27)41-31)24-13-11-23(33)12-14-24/h3-7,9-16,25-27,37H,2,8,17-21H2,1H3/t25-,26-,27?,31+,32-/m0/s1. The molecule has 1 spiro atoms. The molecule has 41 heavy (non-hydrogen) atoms. The smallest absolute Gasteiger partial charge is 0.253 e. The molecule has 1 N–H and O–H groups in total. The van der Waals surface area contributed by atoms with Gasteiger partial charge in [0.25, 0.3) is 5.91 Å². The normalized spacial score (nSPS) is 30.8. The summed E-state index contributed by atoms with van der Waals surface area (Å²) in [7, 11) is 0. The van der Waals surface area contributed by atoms with E-state index in [4.69, 9.17) is 16.3 Å². The number of aliphatic hydroxyl groups is 1. The number of carbonyl (C=O) groups excluding carboxylic acids is 3. The molecular weight excluding hydrogens is 542 g/mol. The van der Waals surface area contributed by atoms with Crippen LogP contribution in [0, 0.1) is 11.8 Å². The van der Waals surface area contributed by atoms with Gasteiger partial charge in [0, 0.05) is 43.5 Å². The van der Waals surface area contributed by atoms with Crippen molar-refractivity contribution in [2.75, 3.05) is 31.1 Å². The zero-order valence-corrected chi connectivity index (χ0v) is 23.7. The Balaban J connectivity index is 1.44. The van der Waals surface area contributed by atoms with Crippen LogP contribution in [0.1, 0.15) is 25.3 Å². The number of hydrogen-bond donors (Lipinski definition) is 1. The van der Waals surface area contributed by atoms with E-state index in [1.165, 1.54) is 4.90 Å². The van der Waals surface area contributed by atoms with E-state index in [1.807, 2.05) is 61.6 Å². The number of fused-ring (bicyclic) bond motifs is 2. The lowest BCUT2D eigenvalue weighted by atomic mass is 9.73. The predicted octanol–water partition coefficient (Wildman–Crippen LogP) is 3.58. The number of halogens is 1. The van der Waals surface area contributed by atoms with Crippen LogP contribution in [0.15, 0.2) is 78.9 Å². The Morgan fingerprint density at radius 2 is 1.66 bits per heavy atom. The molecule has 6 rings (SSSR count). The van der Waals surface area contributed by atoms with Crippen LogP contribution in [0.4, 0.5) is 5.69 Å². The van der Waals surface area contributed by atoms with Gasteiger partial charge in [-0.25, -0.2) is 0 Å². The number of anilines is 1. The fourth-order valence-electron chi connectivity index (χ4n) is 7.09.